The molecule has 8 heteroatoms. The van der Waals surface area contributed by atoms with Gasteiger partial charge >= 0.3 is 7.82 Å². The molecule has 1 aliphatic rings. The Balaban J connectivity index is 2.00. The molecule has 0 saturated heterocycles. The van der Waals surface area contributed by atoms with Crippen LogP contribution < -0.4 is 9.05 Å². The van der Waals surface area contributed by atoms with Crippen LogP contribution in [0, 0.1) is 13.8 Å². The number of phosphoric acid groups is 1. The molecule has 0 saturated carbocycles. The third-order valence-electron chi connectivity index (χ3n) is 3.50. The zero-order valence-electron chi connectivity index (χ0n) is 12.8. The summed E-state index contributed by atoms with van der Waals surface area (Å²) in [5, 5.41) is 0. The summed E-state index contributed by atoms with van der Waals surface area (Å²) in [5.41, 5.74) is 2.28. The van der Waals surface area contributed by atoms with E-state index in [1.54, 1.807) is 37.3 Å². The van der Waals surface area contributed by atoms with Gasteiger partial charge in [-0.3, -0.25) is 4.52 Å². The van der Waals surface area contributed by atoms with E-state index in [1.807, 2.05) is 19.1 Å². The van der Waals surface area contributed by atoms with Crippen molar-refractivity contribution >= 4 is 42.6 Å². The monoisotopic (exact) mass is 406 g/mol. The molecule has 3 rings (SSSR count). The SMILES string of the molecule is Cc1ccc(OP2(=O)Oc3c(C)cccc3C(C(Cl)(Cl)Cl)O2)cc1. The van der Waals surface area contributed by atoms with Gasteiger partial charge in [0.25, 0.3) is 0 Å². The van der Waals surface area contributed by atoms with Gasteiger partial charge in [0.2, 0.25) is 3.79 Å². The molecule has 0 N–H and O–H groups in total. The fourth-order valence-corrected chi connectivity index (χ4v) is 4.51. The maximum Gasteiger partial charge on any atom is 0.588 e. The fraction of sp³-hybridized carbons (Fsp3) is 0.250. The van der Waals surface area contributed by atoms with E-state index < -0.39 is 17.7 Å². The number of rotatable bonds is 2. The maximum absolute atomic E-state index is 13.0. The van der Waals surface area contributed by atoms with E-state index in [0.29, 0.717) is 17.1 Å². The van der Waals surface area contributed by atoms with Gasteiger partial charge < -0.3 is 9.05 Å². The number of benzene rings is 2. The number of phosphoric ester groups is 1. The maximum atomic E-state index is 13.0. The summed E-state index contributed by atoms with van der Waals surface area (Å²) >= 11 is 18.1. The molecule has 2 atom stereocenters. The van der Waals surface area contributed by atoms with Crippen LogP contribution in [0.3, 0.4) is 0 Å². The van der Waals surface area contributed by atoms with Crippen LogP contribution in [0.4, 0.5) is 0 Å². The fourth-order valence-electron chi connectivity index (χ4n) is 2.33. The molecule has 1 aliphatic heterocycles. The number of alkyl halides is 3. The van der Waals surface area contributed by atoms with Crippen molar-refractivity contribution in [1.29, 1.82) is 0 Å². The van der Waals surface area contributed by atoms with E-state index in [1.165, 1.54) is 0 Å². The first kappa shape index (κ1) is 17.9. The number of halogens is 3. The van der Waals surface area contributed by atoms with Crippen LogP contribution in [-0.2, 0) is 9.09 Å². The Hall–Kier alpha value is -0.900. The molecule has 2 unspecified atom stereocenters. The minimum absolute atomic E-state index is 0.337. The second kappa shape index (κ2) is 6.44. The van der Waals surface area contributed by atoms with Crippen molar-refractivity contribution < 1.29 is 18.1 Å². The van der Waals surface area contributed by atoms with E-state index in [-0.39, 0.29) is 0 Å². The number of fused-ring (bicyclic) bond motifs is 1. The van der Waals surface area contributed by atoms with Crippen molar-refractivity contribution in [3.05, 3.63) is 59.2 Å². The van der Waals surface area contributed by atoms with Crippen molar-refractivity contribution in [3.63, 3.8) is 0 Å². The minimum Gasteiger partial charge on any atom is -0.395 e. The van der Waals surface area contributed by atoms with E-state index in [0.717, 1.165) is 11.1 Å². The number of aryl methyl sites for hydroxylation is 2. The topological polar surface area (TPSA) is 44.8 Å². The molecular formula is C16H14Cl3O4P. The molecule has 0 spiro atoms. The van der Waals surface area contributed by atoms with E-state index >= 15 is 0 Å². The highest BCUT2D eigenvalue weighted by atomic mass is 35.6. The van der Waals surface area contributed by atoms with Gasteiger partial charge in [-0.25, -0.2) is 4.57 Å². The van der Waals surface area contributed by atoms with Crippen LogP contribution in [0.1, 0.15) is 22.8 Å². The summed E-state index contributed by atoms with van der Waals surface area (Å²) in [4.78, 5) is 0. The highest BCUT2D eigenvalue weighted by Crippen LogP contribution is 2.63. The van der Waals surface area contributed by atoms with Crippen molar-refractivity contribution in [2.24, 2.45) is 0 Å². The van der Waals surface area contributed by atoms with Crippen molar-refractivity contribution in [1.82, 2.24) is 0 Å². The highest BCUT2D eigenvalue weighted by molar-refractivity contribution is 7.49. The lowest BCUT2D eigenvalue weighted by Crippen LogP contribution is -2.26. The molecule has 0 fully saturated rings. The molecule has 1 heterocycles. The third kappa shape index (κ3) is 3.68. The number of para-hydroxylation sites is 1. The van der Waals surface area contributed by atoms with E-state index in [2.05, 4.69) is 0 Å². The normalized spacial score (nSPS) is 23.3. The number of hydrogen-bond donors (Lipinski definition) is 0. The second-order valence-electron chi connectivity index (χ2n) is 5.46. The van der Waals surface area contributed by atoms with Gasteiger partial charge in [0.05, 0.1) is 0 Å². The molecule has 24 heavy (non-hydrogen) atoms. The molecule has 0 radical (unpaired) electrons. The predicted molar refractivity (Wildman–Crippen MR) is 95.3 cm³/mol. The zero-order chi connectivity index (χ0) is 17.5. The minimum atomic E-state index is -4.02. The van der Waals surface area contributed by atoms with Gasteiger partial charge in [0, 0.05) is 5.56 Å². The second-order valence-corrected chi connectivity index (χ2v) is 9.30. The first-order valence-corrected chi connectivity index (χ1v) is 9.68. The quantitative estimate of drug-likeness (QED) is 0.432. The van der Waals surface area contributed by atoms with Gasteiger partial charge in [0.1, 0.15) is 17.6 Å². The van der Waals surface area contributed by atoms with E-state index in [4.69, 9.17) is 48.4 Å². The standard InChI is InChI=1S/C16H14Cl3O4P/c1-10-6-8-12(9-7-10)21-24(20)22-14-11(2)4-3-5-13(14)15(23-24)16(17,18)19/h3-9,15H,1-2H3. The Kier molecular flexibility index (Phi) is 4.80. The summed E-state index contributed by atoms with van der Waals surface area (Å²) in [7, 11) is -4.02. The smallest absolute Gasteiger partial charge is 0.395 e. The van der Waals surface area contributed by atoms with Gasteiger partial charge in [-0.1, -0.05) is 70.7 Å². The molecule has 0 amide bonds. The van der Waals surface area contributed by atoms with Gasteiger partial charge in [0.15, 0.2) is 0 Å². The van der Waals surface area contributed by atoms with Crippen LogP contribution in [-0.4, -0.2) is 3.79 Å². The average Bonchev–Trinajstić information content (AvgIpc) is 2.49. The van der Waals surface area contributed by atoms with Crippen LogP contribution in [0.5, 0.6) is 11.5 Å². The first-order valence-electron chi connectivity index (χ1n) is 7.08. The lowest BCUT2D eigenvalue weighted by Gasteiger charge is -2.34. The molecule has 0 aliphatic carbocycles. The molecule has 128 valence electrons. The van der Waals surface area contributed by atoms with Crippen LogP contribution in [0.25, 0.3) is 0 Å². The van der Waals surface area contributed by atoms with Crippen molar-refractivity contribution in [2.45, 2.75) is 23.7 Å². The Labute approximate surface area is 155 Å². The molecule has 0 aromatic heterocycles. The summed E-state index contributed by atoms with van der Waals surface area (Å²) in [6.45, 7) is 3.73. The molecule has 4 nitrogen and oxygen atoms in total. The van der Waals surface area contributed by atoms with Crippen LogP contribution >= 0.6 is 42.6 Å². The van der Waals surface area contributed by atoms with Crippen molar-refractivity contribution in [3.8, 4) is 11.5 Å². The van der Waals surface area contributed by atoms with Crippen molar-refractivity contribution in [2.75, 3.05) is 0 Å². The van der Waals surface area contributed by atoms with E-state index in [9.17, 15) is 4.57 Å². The first-order chi connectivity index (χ1) is 11.2. The Morgan fingerprint density at radius 3 is 2.38 bits per heavy atom. The van der Waals surface area contributed by atoms with Gasteiger partial charge in [-0.05, 0) is 31.5 Å². The Morgan fingerprint density at radius 2 is 1.75 bits per heavy atom. The van der Waals surface area contributed by atoms with Gasteiger partial charge in [-0.2, -0.15) is 0 Å². The summed E-state index contributed by atoms with van der Waals surface area (Å²) in [6, 6.07) is 12.2. The lowest BCUT2D eigenvalue weighted by molar-refractivity contribution is 0.125. The largest absolute Gasteiger partial charge is 0.588 e. The molecule has 2 aromatic carbocycles. The van der Waals surface area contributed by atoms with Gasteiger partial charge in [-0.15, -0.1) is 0 Å². The van der Waals surface area contributed by atoms with Crippen LogP contribution in [0.2, 0.25) is 0 Å². The highest BCUT2D eigenvalue weighted by Gasteiger charge is 2.49. The third-order valence-corrected chi connectivity index (χ3v) is 5.40. The Bertz CT molecular complexity index is 802. The Morgan fingerprint density at radius 1 is 1.08 bits per heavy atom. The average molecular weight is 408 g/mol. The molecular weight excluding hydrogens is 394 g/mol. The summed E-state index contributed by atoms with van der Waals surface area (Å²) < 4.78 is 27.7. The summed E-state index contributed by atoms with van der Waals surface area (Å²) in [5.74, 6) is 0.680. The summed E-state index contributed by atoms with van der Waals surface area (Å²) in [6.07, 6.45) is -1.08. The zero-order valence-corrected chi connectivity index (χ0v) is 16.0. The predicted octanol–water partition coefficient (Wildman–Crippen LogP) is 6.31. The number of hydrogen-bond acceptors (Lipinski definition) is 4. The molecule has 0 bridgehead atoms. The molecule has 2 aromatic rings. The van der Waals surface area contributed by atoms with Crippen LogP contribution in [0.15, 0.2) is 42.5 Å². The lowest BCUT2D eigenvalue weighted by atomic mass is 10.1.